The minimum Gasteiger partial charge on any atom is -0.598 e. The lowest BCUT2D eigenvalue weighted by molar-refractivity contribution is -0.138. The molecule has 0 aliphatic carbocycles. The molecule has 1 heterocycles. The molecule has 1 aromatic carbocycles. The fourth-order valence-corrected chi connectivity index (χ4v) is 3.27. The van der Waals surface area contributed by atoms with Gasteiger partial charge in [0.25, 0.3) is 0 Å². The van der Waals surface area contributed by atoms with Crippen LogP contribution >= 0.6 is 23.2 Å². The van der Waals surface area contributed by atoms with Crippen LogP contribution in [0.3, 0.4) is 0 Å². The molecular weight excluding hydrogens is 408 g/mol. The maximum absolute atomic E-state index is 13.4. The summed E-state index contributed by atoms with van der Waals surface area (Å²) in [5, 5.41) is 0.449. The van der Waals surface area contributed by atoms with Crippen LogP contribution in [0.15, 0.2) is 36.5 Å². The third-order valence-corrected chi connectivity index (χ3v) is 5.78. The van der Waals surface area contributed by atoms with E-state index in [1.54, 1.807) is 20.8 Å². The fourth-order valence-electron chi connectivity index (χ4n) is 2.14. The van der Waals surface area contributed by atoms with Crippen LogP contribution < -0.4 is 4.72 Å². The van der Waals surface area contributed by atoms with Crippen LogP contribution in [0.2, 0.25) is 10.0 Å². The molecule has 0 aliphatic rings. The van der Waals surface area contributed by atoms with Crippen molar-refractivity contribution in [3.05, 3.63) is 63.4 Å². The highest BCUT2D eigenvalue weighted by Gasteiger charge is 2.39. The zero-order valence-electron chi connectivity index (χ0n) is 14.2. The molecule has 0 spiro atoms. The molecule has 2 rings (SSSR count). The first-order valence-electron chi connectivity index (χ1n) is 7.56. The molecule has 0 saturated carbocycles. The van der Waals surface area contributed by atoms with Crippen molar-refractivity contribution < 1.29 is 17.7 Å². The van der Waals surface area contributed by atoms with E-state index < -0.39 is 33.9 Å². The van der Waals surface area contributed by atoms with E-state index in [0.29, 0.717) is 5.56 Å². The summed E-state index contributed by atoms with van der Waals surface area (Å²) in [6.45, 7) is 5.14. The van der Waals surface area contributed by atoms with Crippen LogP contribution in [-0.4, -0.2) is 14.3 Å². The number of rotatable bonds is 4. The molecule has 0 bridgehead atoms. The molecule has 0 fully saturated rings. The van der Waals surface area contributed by atoms with E-state index in [9.17, 15) is 17.7 Å². The first kappa shape index (κ1) is 21.3. The monoisotopic (exact) mass is 424 g/mol. The number of halogens is 5. The molecule has 2 atom stereocenters. The maximum atomic E-state index is 13.4. The molecule has 0 aliphatic heterocycles. The Morgan fingerprint density at radius 2 is 1.77 bits per heavy atom. The number of nitrogens with one attached hydrogen (secondary N) is 1. The predicted octanol–water partition coefficient (Wildman–Crippen LogP) is 5.55. The number of nitrogens with zero attached hydrogens (tertiary/aromatic N) is 1. The summed E-state index contributed by atoms with van der Waals surface area (Å²) >= 11 is 10.3. The van der Waals surface area contributed by atoms with Crippen LogP contribution in [0.4, 0.5) is 13.2 Å². The summed E-state index contributed by atoms with van der Waals surface area (Å²) in [6, 6.07) is 5.51. The molecular formula is C17H17Cl2F3N2OS. The highest BCUT2D eigenvalue weighted by molar-refractivity contribution is 7.90. The van der Waals surface area contributed by atoms with Gasteiger partial charge in [0.05, 0.1) is 21.3 Å². The Hall–Kier alpha value is -0.990. The van der Waals surface area contributed by atoms with Gasteiger partial charge in [-0.3, -0.25) is 4.98 Å². The lowest BCUT2D eigenvalue weighted by Crippen LogP contribution is -2.42. The Labute approximate surface area is 163 Å². The number of hydrogen-bond donors (Lipinski definition) is 1. The first-order chi connectivity index (χ1) is 11.9. The van der Waals surface area contributed by atoms with Gasteiger partial charge in [0, 0.05) is 17.6 Å². The van der Waals surface area contributed by atoms with Crippen molar-refractivity contribution in [3.63, 3.8) is 0 Å². The van der Waals surface area contributed by atoms with E-state index in [0.717, 1.165) is 6.07 Å². The SMILES string of the molecule is CC(C)(C)[S@+]([O-])N[C@@H](c1ccc(Cl)c(Cl)c1)c1ncccc1C(F)(F)F. The third kappa shape index (κ3) is 5.04. The quantitative estimate of drug-likeness (QED) is 0.654. The number of benzene rings is 1. The molecule has 0 saturated heterocycles. The highest BCUT2D eigenvalue weighted by Crippen LogP contribution is 2.37. The fraction of sp³-hybridized carbons (Fsp3) is 0.353. The predicted molar refractivity (Wildman–Crippen MR) is 98.6 cm³/mol. The number of hydrogen-bond acceptors (Lipinski definition) is 3. The summed E-state index contributed by atoms with van der Waals surface area (Å²) in [6.07, 6.45) is -3.35. The number of pyridine rings is 1. The molecule has 0 amide bonds. The van der Waals surface area contributed by atoms with Crippen molar-refractivity contribution in [1.82, 2.24) is 9.71 Å². The smallest absolute Gasteiger partial charge is 0.418 e. The van der Waals surface area contributed by atoms with E-state index in [4.69, 9.17) is 23.2 Å². The largest absolute Gasteiger partial charge is 0.598 e. The number of alkyl halides is 3. The molecule has 142 valence electrons. The second-order valence-electron chi connectivity index (χ2n) is 6.54. The summed E-state index contributed by atoms with van der Waals surface area (Å²) < 4.78 is 55.0. The van der Waals surface area contributed by atoms with E-state index in [-0.39, 0.29) is 15.7 Å². The molecule has 3 nitrogen and oxygen atoms in total. The van der Waals surface area contributed by atoms with Gasteiger partial charge in [0.2, 0.25) is 0 Å². The minimum absolute atomic E-state index is 0.182. The van der Waals surface area contributed by atoms with E-state index in [1.807, 2.05) is 0 Å². The Kier molecular flexibility index (Phi) is 6.51. The number of aromatic nitrogens is 1. The van der Waals surface area contributed by atoms with Crippen LogP contribution in [0.25, 0.3) is 0 Å². The maximum Gasteiger partial charge on any atom is 0.418 e. The Bertz CT molecular complexity index is 781. The molecule has 0 radical (unpaired) electrons. The van der Waals surface area contributed by atoms with Crippen LogP contribution in [0.5, 0.6) is 0 Å². The molecule has 1 aromatic heterocycles. The Morgan fingerprint density at radius 3 is 2.31 bits per heavy atom. The third-order valence-electron chi connectivity index (χ3n) is 3.48. The van der Waals surface area contributed by atoms with Crippen molar-refractivity contribution in [2.45, 2.75) is 37.7 Å². The van der Waals surface area contributed by atoms with Gasteiger partial charge in [-0.15, -0.1) is 4.72 Å². The molecule has 0 unspecified atom stereocenters. The molecule has 2 aromatic rings. The first-order valence-corrected chi connectivity index (χ1v) is 9.47. The van der Waals surface area contributed by atoms with Gasteiger partial charge in [0.15, 0.2) is 0 Å². The average molecular weight is 425 g/mol. The van der Waals surface area contributed by atoms with E-state index >= 15 is 0 Å². The van der Waals surface area contributed by atoms with Crippen LogP contribution in [0.1, 0.15) is 43.6 Å². The molecule has 9 heteroatoms. The van der Waals surface area contributed by atoms with Gasteiger partial charge in [-0.25, -0.2) is 0 Å². The zero-order valence-corrected chi connectivity index (χ0v) is 16.5. The van der Waals surface area contributed by atoms with Crippen molar-refractivity contribution in [2.75, 3.05) is 0 Å². The second kappa shape index (κ2) is 7.94. The summed E-state index contributed by atoms with van der Waals surface area (Å²) in [5.41, 5.74) is -0.813. The lowest BCUT2D eigenvalue weighted by atomic mass is 10.00. The second-order valence-corrected chi connectivity index (χ2v) is 9.35. The van der Waals surface area contributed by atoms with Crippen molar-refractivity contribution in [3.8, 4) is 0 Å². The Morgan fingerprint density at radius 1 is 1.12 bits per heavy atom. The van der Waals surface area contributed by atoms with E-state index in [2.05, 4.69) is 9.71 Å². The van der Waals surface area contributed by atoms with E-state index in [1.165, 1.54) is 30.5 Å². The normalized spacial score (nSPS) is 15.0. The van der Waals surface area contributed by atoms with Gasteiger partial charge in [0.1, 0.15) is 10.8 Å². The Balaban J connectivity index is 2.60. The summed E-state index contributed by atoms with van der Waals surface area (Å²) in [5.74, 6) is 0. The average Bonchev–Trinajstić information content (AvgIpc) is 2.53. The minimum atomic E-state index is -4.61. The lowest BCUT2D eigenvalue weighted by Gasteiger charge is -2.29. The van der Waals surface area contributed by atoms with Crippen molar-refractivity contribution in [2.24, 2.45) is 0 Å². The van der Waals surface area contributed by atoms with Crippen molar-refractivity contribution >= 4 is 34.6 Å². The van der Waals surface area contributed by atoms with Gasteiger partial charge < -0.3 is 4.55 Å². The van der Waals surface area contributed by atoms with Gasteiger partial charge in [-0.1, -0.05) is 29.3 Å². The highest BCUT2D eigenvalue weighted by atomic mass is 35.5. The van der Waals surface area contributed by atoms with Crippen LogP contribution in [0, 0.1) is 0 Å². The summed E-state index contributed by atoms with van der Waals surface area (Å²) in [7, 11) is 0. The topological polar surface area (TPSA) is 48.0 Å². The van der Waals surface area contributed by atoms with Gasteiger partial charge >= 0.3 is 6.18 Å². The summed E-state index contributed by atoms with van der Waals surface area (Å²) in [4.78, 5) is 3.92. The van der Waals surface area contributed by atoms with Gasteiger partial charge in [-0.2, -0.15) is 13.2 Å². The van der Waals surface area contributed by atoms with Gasteiger partial charge in [-0.05, 0) is 50.6 Å². The van der Waals surface area contributed by atoms with Crippen molar-refractivity contribution in [1.29, 1.82) is 0 Å². The standard InChI is InChI=1S/C17H17Cl2F3N2OS/c1-16(2,3)26(25)24-14(10-6-7-12(18)13(19)9-10)15-11(17(20,21)22)5-4-8-23-15/h4-9,14,24H,1-3H3/t14-,26-/m0/s1. The molecule has 26 heavy (non-hydrogen) atoms. The van der Waals surface area contributed by atoms with Crippen LogP contribution in [-0.2, 0) is 17.5 Å². The molecule has 1 N–H and O–H groups in total. The zero-order chi connectivity index (χ0) is 19.7.